The first-order valence-electron chi connectivity index (χ1n) is 5.99. The number of rotatable bonds is 6. The van der Waals surface area contributed by atoms with E-state index in [0.29, 0.717) is 13.1 Å². The standard InChI is InChI=1S/C14H17N3OS/c15-13-3-1-2-11(6-13)7-17(9-14(16)18)8-12-4-5-19-10-12/h1-6,10H,7-9,15H2,(H2,16,18). The molecule has 4 N–H and O–H groups in total. The molecule has 1 amide bonds. The fraction of sp³-hybridized carbons (Fsp3) is 0.214. The molecule has 1 heterocycles. The third-order valence-electron chi connectivity index (χ3n) is 2.72. The second kappa shape index (κ2) is 6.36. The van der Waals surface area contributed by atoms with Crippen molar-refractivity contribution in [1.82, 2.24) is 4.90 Å². The van der Waals surface area contributed by atoms with Gasteiger partial charge in [-0.1, -0.05) is 12.1 Å². The molecule has 0 aliphatic rings. The molecule has 0 saturated heterocycles. The number of carbonyl (C=O) groups excluding carboxylic acids is 1. The first kappa shape index (κ1) is 13.6. The second-order valence-electron chi connectivity index (χ2n) is 4.49. The molecule has 0 unspecified atom stereocenters. The maximum atomic E-state index is 11.2. The first-order valence-corrected chi connectivity index (χ1v) is 6.94. The van der Waals surface area contributed by atoms with Gasteiger partial charge in [0, 0.05) is 18.8 Å². The van der Waals surface area contributed by atoms with E-state index in [9.17, 15) is 4.79 Å². The SMILES string of the molecule is NC(=O)CN(Cc1ccsc1)Cc1cccc(N)c1. The van der Waals surface area contributed by atoms with Crippen molar-refractivity contribution < 1.29 is 4.79 Å². The Morgan fingerprint density at radius 2 is 2.00 bits per heavy atom. The molecule has 2 rings (SSSR count). The summed E-state index contributed by atoms with van der Waals surface area (Å²) in [5.41, 5.74) is 14.1. The number of nitrogens with zero attached hydrogens (tertiary/aromatic N) is 1. The lowest BCUT2D eigenvalue weighted by molar-refractivity contribution is -0.119. The van der Waals surface area contributed by atoms with Crippen LogP contribution in [0.3, 0.4) is 0 Å². The van der Waals surface area contributed by atoms with Gasteiger partial charge in [0.15, 0.2) is 0 Å². The van der Waals surface area contributed by atoms with Gasteiger partial charge in [0.2, 0.25) is 5.91 Å². The summed E-state index contributed by atoms with van der Waals surface area (Å²) in [6, 6.07) is 9.73. The summed E-state index contributed by atoms with van der Waals surface area (Å²) in [6.07, 6.45) is 0. The van der Waals surface area contributed by atoms with Crippen molar-refractivity contribution in [3.63, 3.8) is 0 Å². The van der Waals surface area contributed by atoms with Crippen LogP contribution in [-0.2, 0) is 17.9 Å². The minimum Gasteiger partial charge on any atom is -0.399 e. The van der Waals surface area contributed by atoms with Gasteiger partial charge in [-0.2, -0.15) is 11.3 Å². The van der Waals surface area contributed by atoms with E-state index in [2.05, 4.69) is 11.4 Å². The van der Waals surface area contributed by atoms with Crippen molar-refractivity contribution in [2.75, 3.05) is 12.3 Å². The Morgan fingerprint density at radius 1 is 1.21 bits per heavy atom. The summed E-state index contributed by atoms with van der Waals surface area (Å²) < 4.78 is 0. The lowest BCUT2D eigenvalue weighted by Crippen LogP contribution is -2.32. The molecular weight excluding hydrogens is 258 g/mol. The lowest BCUT2D eigenvalue weighted by Gasteiger charge is -2.20. The van der Waals surface area contributed by atoms with Gasteiger partial charge >= 0.3 is 0 Å². The van der Waals surface area contributed by atoms with E-state index in [1.807, 2.05) is 34.5 Å². The quantitative estimate of drug-likeness (QED) is 0.790. The molecule has 0 aliphatic heterocycles. The molecule has 1 aromatic heterocycles. The zero-order chi connectivity index (χ0) is 13.7. The van der Waals surface area contributed by atoms with Crippen LogP contribution in [0.15, 0.2) is 41.1 Å². The van der Waals surface area contributed by atoms with E-state index in [1.54, 1.807) is 11.3 Å². The average Bonchev–Trinajstić information content (AvgIpc) is 2.80. The Bertz CT molecular complexity index is 539. The summed E-state index contributed by atoms with van der Waals surface area (Å²) in [5, 5.41) is 4.10. The molecule has 0 radical (unpaired) electrons. The minimum atomic E-state index is -0.320. The summed E-state index contributed by atoms with van der Waals surface area (Å²) in [6.45, 7) is 1.61. The molecule has 4 nitrogen and oxygen atoms in total. The van der Waals surface area contributed by atoms with E-state index in [1.165, 1.54) is 5.56 Å². The molecule has 0 spiro atoms. The maximum Gasteiger partial charge on any atom is 0.231 e. The maximum absolute atomic E-state index is 11.2. The largest absolute Gasteiger partial charge is 0.399 e. The highest BCUT2D eigenvalue weighted by molar-refractivity contribution is 7.07. The Morgan fingerprint density at radius 3 is 2.63 bits per heavy atom. The van der Waals surface area contributed by atoms with Gasteiger partial charge in [-0.05, 0) is 40.1 Å². The zero-order valence-corrected chi connectivity index (χ0v) is 11.4. The molecule has 0 saturated carbocycles. The Kier molecular flexibility index (Phi) is 4.54. The van der Waals surface area contributed by atoms with Crippen LogP contribution in [0.1, 0.15) is 11.1 Å². The smallest absolute Gasteiger partial charge is 0.231 e. The number of hydrogen-bond donors (Lipinski definition) is 2. The topological polar surface area (TPSA) is 72.4 Å². The first-order chi connectivity index (χ1) is 9.13. The van der Waals surface area contributed by atoms with Crippen molar-refractivity contribution in [3.05, 3.63) is 52.2 Å². The molecule has 1 aromatic carbocycles. The number of anilines is 1. The van der Waals surface area contributed by atoms with Crippen molar-refractivity contribution >= 4 is 22.9 Å². The van der Waals surface area contributed by atoms with Crippen LogP contribution in [-0.4, -0.2) is 17.4 Å². The van der Waals surface area contributed by atoms with Crippen LogP contribution in [0.5, 0.6) is 0 Å². The van der Waals surface area contributed by atoms with Gasteiger partial charge < -0.3 is 11.5 Å². The van der Waals surface area contributed by atoms with E-state index in [0.717, 1.165) is 11.3 Å². The predicted octanol–water partition coefficient (Wildman–Crippen LogP) is 1.82. The highest BCUT2D eigenvalue weighted by Gasteiger charge is 2.10. The van der Waals surface area contributed by atoms with Gasteiger partial charge in [-0.25, -0.2) is 0 Å². The van der Waals surface area contributed by atoms with Crippen molar-refractivity contribution in [2.24, 2.45) is 5.73 Å². The second-order valence-corrected chi connectivity index (χ2v) is 5.27. The van der Waals surface area contributed by atoms with E-state index < -0.39 is 0 Å². The fourth-order valence-corrected chi connectivity index (χ4v) is 2.64. The molecule has 5 heteroatoms. The highest BCUT2D eigenvalue weighted by atomic mass is 32.1. The summed E-state index contributed by atoms with van der Waals surface area (Å²) in [5.74, 6) is -0.320. The fourth-order valence-electron chi connectivity index (χ4n) is 1.98. The number of nitrogens with two attached hydrogens (primary N) is 2. The van der Waals surface area contributed by atoms with Gasteiger partial charge in [0.25, 0.3) is 0 Å². The summed E-state index contributed by atoms with van der Waals surface area (Å²) in [7, 11) is 0. The number of nitrogen functional groups attached to an aromatic ring is 1. The number of primary amides is 1. The van der Waals surface area contributed by atoms with Crippen LogP contribution >= 0.6 is 11.3 Å². The molecule has 100 valence electrons. The number of carbonyl (C=O) groups is 1. The Labute approximate surface area is 116 Å². The van der Waals surface area contributed by atoms with Gasteiger partial charge in [-0.3, -0.25) is 9.69 Å². The Hall–Kier alpha value is -1.85. The molecular formula is C14H17N3OS. The van der Waals surface area contributed by atoms with Crippen molar-refractivity contribution in [3.8, 4) is 0 Å². The molecule has 0 aliphatic carbocycles. The van der Waals surface area contributed by atoms with Crippen LogP contribution in [0, 0.1) is 0 Å². The number of thiophene rings is 1. The average molecular weight is 275 g/mol. The lowest BCUT2D eigenvalue weighted by atomic mass is 10.2. The predicted molar refractivity (Wildman–Crippen MR) is 78.5 cm³/mol. The normalized spacial score (nSPS) is 10.8. The summed E-state index contributed by atoms with van der Waals surface area (Å²) >= 11 is 1.65. The number of benzene rings is 1. The van der Waals surface area contributed by atoms with Crippen molar-refractivity contribution in [2.45, 2.75) is 13.1 Å². The molecule has 0 atom stereocenters. The van der Waals surface area contributed by atoms with E-state index >= 15 is 0 Å². The van der Waals surface area contributed by atoms with E-state index in [-0.39, 0.29) is 12.5 Å². The minimum absolute atomic E-state index is 0.241. The molecule has 0 bridgehead atoms. The van der Waals surface area contributed by atoms with Crippen LogP contribution in [0.2, 0.25) is 0 Å². The molecule has 2 aromatic rings. The number of amides is 1. The van der Waals surface area contributed by atoms with Crippen LogP contribution in [0.4, 0.5) is 5.69 Å². The number of hydrogen-bond acceptors (Lipinski definition) is 4. The van der Waals surface area contributed by atoms with Crippen LogP contribution in [0.25, 0.3) is 0 Å². The van der Waals surface area contributed by atoms with Gasteiger partial charge in [0.05, 0.1) is 6.54 Å². The van der Waals surface area contributed by atoms with Gasteiger partial charge in [0.1, 0.15) is 0 Å². The Balaban J connectivity index is 2.07. The third-order valence-corrected chi connectivity index (χ3v) is 3.45. The molecule has 0 fully saturated rings. The summed E-state index contributed by atoms with van der Waals surface area (Å²) in [4.78, 5) is 13.2. The third kappa shape index (κ3) is 4.39. The monoisotopic (exact) mass is 275 g/mol. The zero-order valence-electron chi connectivity index (χ0n) is 10.6. The van der Waals surface area contributed by atoms with E-state index in [4.69, 9.17) is 11.5 Å². The van der Waals surface area contributed by atoms with Gasteiger partial charge in [-0.15, -0.1) is 0 Å². The van der Waals surface area contributed by atoms with Crippen molar-refractivity contribution in [1.29, 1.82) is 0 Å². The highest BCUT2D eigenvalue weighted by Crippen LogP contribution is 2.14. The van der Waals surface area contributed by atoms with Crippen LogP contribution < -0.4 is 11.5 Å². The molecule has 19 heavy (non-hydrogen) atoms.